The number of rotatable bonds is 2. The number of hydrogen-bond donors (Lipinski definition) is 1. The topological polar surface area (TPSA) is 56.2 Å². The molecule has 4 nitrogen and oxygen atoms in total. The van der Waals surface area contributed by atoms with Crippen LogP contribution in [0, 0.1) is 0 Å². The zero-order chi connectivity index (χ0) is 12.5. The number of nitrogen functional groups attached to an aromatic ring is 1. The van der Waals surface area contributed by atoms with E-state index >= 15 is 0 Å². The fraction of sp³-hybridized carbons (Fsp3) is 0. The highest BCUT2D eigenvalue weighted by Gasteiger charge is 2.11. The summed E-state index contributed by atoms with van der Waals surface area (Å²) in [7, 11) is 0. The van der Waals surface area contributed by atoms with Crippen molar-refractivity contribution in [2.45, 2.75) is 10.1 Å². The van der Waals surface area contributed by atoms with Gasteiger partial charge in [-0.05, 0) is 36.0 Å². The maximum absolute atomic E-state index is 6.14. The summed E-state index contributed by atoms with van der Waals surface area (Å²) in [6, 6.07) is 11.2. The molecule has 0 fully saturated rings. The first-order chi connectivity index (χ1) is 8.75. The molecule has 0 bridgehead atoms. The molecule has 0 aliphatic rings. The maximum atomic E-state index is 6.14. The van der Waals surface area contributed by atoms with Crippen LogP contribution in [0.3, 0.4) is 0 Å². The monoisotopic (exact) mass is 276 g/mol. The Balaban J connectivity index is 2.07. The summed E-state index contributed by atoms with van der Waals surface area (Å²) in [4.78, 5) is 0.803. The molecular weight excluding hydrogens is 268 g/mol. The third kappa shape index (κ3) is 1.91. The molecule has 2 N–H and O–H groups in total. The zero-order valence-corrected chi connectivity index (χ0v) is 10.8. The van der Waals surface area contributed by atoms with Gasteiger partial charge in [0.05, 0.1) is 9.92 Å². The normalized spacial score (nSPS) is 10.9. The largest absolute Gasteiger partial charge is 0.398 e. The Hall–Kier alpha value is -1.72. The summed E-state index contributed by atoms with van der Waals surface area (Å²) in [6.07, 6.45) is 1.91. The number of benzene rings is 1. The van der Waals surface area contributed by atoms with Gasteiger partial charge in [-0.1, -0.05) is 23.7 Å². The molecule has 0 saturated carbocycles. The lowest BCUT2D eigenvalue weighted by Gasteiger charge is -2.05. The highest BCUT2D eigenvalue weighted by atomic mass is 35.5. The number of aromatic nitrogens is 3. The Bertz CT molecular complexity index is 690. The molecule has 3 aromatic rings. The molecule has 2 heterocycles. The summed E-state index contributed by atoms with van der Waals surface area (Å²) < 4.78 is 1.90. The first kappa shape index (κ1) is 11.4. The van der Waals surface area contributed by atoms with Crippen LogP contribution in [0.15, 0.2) is 52.6 Å². The van der Waals surface area contributed by atoms with Crippen molar-refractivity contribution in [3.05, 3.63) is 47.6 Å². The fourth-order valence-electron chi connectivity index (χ4n) is 1.61. The van der Waals surface area contributed by atoms with Crippen LogP contribution in [0.4, 0.5) is 5.69 Å². The minimum Gasteiger partial charge on any atom is -0.398 e. The average Bonchev–Trinajstić information content (AvgIpc) is 2.77. The summed E-state index contributed by atoms with van der Waals surface area (Å²) in [5.74, 6) is 0. The van der Waals surface area contributed by atoms with Crippen LogP contribution in [0.1, 0.15) is 0 Å². The molecule has 90 valence electrons. The van der Waals surface area contributed by atoms with E-state index in [9.17, 15) is 0 Å². The molecule has 18 heavy (non-hydrogen) atoms. The lowest BCUT2D eigenvalue weighted by atomic mass is 10.3. The zero-order valence-electron chi connectivity index (χ0n) is 9.25. The molecule has 0 saturated heterocycles. The van der Waals surface area contributed by atoms with E-state index in [1.165, 1.54) is 11.8 Å². The van der Waals surface area contributed by atoms with Crippen molar-refractivity contribution in [2.24, 2.45) is 0 Å². The van der Waals surface area contributed by atoms with Gasteiger partial charge in [0.15, 0.2) is 5.65 Å². The molecule has 0 amide bonds. The van der Waals surface area contributed by atoms with Gasteiger partial charge in [0, 0.05) is 11.9 Å². The van der Waals surface area contributed by atoms with Crippen molar-refractivity contribution < 1.29 is 0 Å². The third-order valence-electron chi connectivity index (χ3n) is 2.47. The fourth-order valence-corrected chi connectivity index (χ4v) is 2.78. The van der Waals surface area contributed by atoms with E-state index in [0.29, 0.717) is 10.7 Å². The van der Waals surface area contributed by atoms with Crippen LogP contribution in [0.5, 0.6) is 0 Å². The Kier molecular flexibility index (Phi) is 2.85. The number of nitrogens with two attached hydrogens (primary N) is 1. The van der Waals surface area contributed by atoms with Crippen molar-refractivity contribution in [2.75, 3.05) is 5.73 Å². The van der Waals surface area contributed by atoms with E-state index in [4.69, 9.17) is 17.3 Å². The quantitative estimate of drug-likeness (QED) is 0.731. The predicted octanol–water partition coefficient (Wildman–Crippen LogP) is 3.12. The van der Waals surface area contributed by atoms with Crippen molar-refractivity contribution in [3.8, 4) is 0 Å². The van der Waals surface area contributed by atoms with Crippen LogP contribution in [-0.2, 0) is 0 Å². The second kappa shape index (κ2) is 4.51. The molecule has 2 aromatic heterocycles. The van der Waals surface area contributed by atoms with Crippen LogP contribution < -0.4 is 5.73 Å². The van der Waals surface area contributed by atoms with E-state index in [1.807, 2.05) is 47.0 Å². The number of hydrogen-bond acceptors (Lipinski definition) is 4. The van der Waals surface area contributed by atoms with Crippen molar-refractivity contribution in [3.63, 3.8) is 0 Å². The minimum atomic E-state index is 0.618. The lowest BCUT2D eigenvalue weighted by molar-refractivity contribution is 0.921. The molecule has 0 aliphatic heterocycles. The standard InChI is InChI=1S/C12H9ClN4S/c13-8-4-3-5-9(14)11(8)18-12-16-15-10-6-1-2-7-17(10)12/h1-7H,14H2. The minimum absolute atomic E-state index is 0.618. The number of pyridine rings is 1. The summed E-state index contributed by atoms with van der Waals surface area (Å²) >= 11 is 7.55. The molecule has 0 radical (unpaired) electrons. The van der Waals surface area contributed by atoms with Gasteiger partial charge in [0.25, 0.3) is 0 Å². The highest BCUT2D eigenvalue weighted by molar-refractivity contribution is 7.99. The second-order valence-electron chi connectivity index (χ2n) is 3.67. The summed E-state index contributed by atoms with van der Waals surface area (Å²) in [5, 5.41) is 9.58. The van der Waals surface area contributed by atoms with Crippen molar-refractivity contribution in [1.29, 1.82) is 0 Å². The first-order valence-electron chi connectivity index (χ1n) is 5.27. The molecule has 6 heteroatoms. The lowest BCUT2D eigenvalue weighted by Crippen LogP contribution is -1.91. The highest BCUT2D eigenvalue weighted by Crippen LogP contribution is 2.36. The molecule has 1 aromatic carbocycles. The number of anilines is 1. The van der Waals surface area contributed by atoms with Crippen molar-refractivity contribution in [1.82, 2.24) is 14.6 Å². The Labute approximate surface area is 113 Å². The first-order valence-corrected chi connectivity index (χ1v) is 6.47. The average molecular weight is 277 g/mol. The van der Waals surface area contributed by atoms with Crippen LogP contribution in [0.2, 0.25) is 5.02 Å². The smallest absolute Gasteiger partial charge is 0.200 e. The Morgan fingerprint density at radius 3 is 2.83 bits per heavy atom. The van der Waals surface area contributed by atoms with Crippen molar-refractivity contribution >= 4 is 34.7 Å². The van der Waals surface area contributed by atoms with Gasteiger partial charge in [-0.2, -0.15) is 0 Å². The molecule has 0 spiro atoms. The number of nitrogens with zero attached hydrogens (tertiary/aromatic N) is 3. The Morgan fingerprint density at radius 2 is 2.00 bits per heavy atom. The van der Waals surface area contributed by atoms with Crippen LogP contribution in [0.25, 0.3) is 5.65 Å². The van der Waals surface area contributed by atoms with Crippen LogP contribution >= 0.6 is 23.4 Å². The number of halogens is 1. The maximum Gasteiger partial charge on any atom is 0.200 e. The predicted molar refractivity (Wildman–Crippen MR) is 73.0 cm³/mol. The molecule has 0 atom stereocenters. The van der Waals surface area contributed by atoms with E-state index < -0.39 is 0 Å². The second-order valence-corrected chi connectivity index (χ2v) is 5.06. The van der Waals surface area contributed by atoms with E-state index in [1.54, 1.807) is 0 Å². The van der Waals surface area contributed by atoms with E-state index in [-0.39, 0.29) is 0 Å². The van der Waals surface area contributed by atoms with Gasteiger partial charge in [0.1, 0.15) is 0 Å². The van der Waals surface area contributed by atoms with Gasteiger partial charge in [-0.25, -0.2) is 0 Å². The third-order valence-corrected chi connectivity index (χ3v) is 4.02. The van der Waals surface area contributed by atoms with Gasteiger partial charge in [0.2, 0.25) is 5.16 Å². The summed E-state index contributed by atoms with van der Waals surface area (Å²) in [6.45, 7) is 0. The van der Waals surface area contributed by atoms with Gasteiger partial charge in [-0.15, -0.1) is 10.2 Å². The van der Waals surface area contributed by atoms with E-state index in [0.717, 1.165) is 15.7 Å². The molecular formula is C12H9ClN4S. The van der Waals surface area contributed by atoms with Gasteiger partial charge in [-0.3, -0.25) is 4.40 Å². The van der Waals surface area contributed by atoms with E-state index in [2.05, 4.69) is 10.2 Å². The SMILES string of the molecule is Nc1cccc(Cl)c1Sc1nnc2ccccn12. The molecule has 0 unspecified atom stereocenters. The molecule has 0 aliphatic carbocycles. The van der Waals surface area contributed by atoms with Gasteiger partial charge < -0.3 is 5.73 Å². The summed E-state index contributed by atoms with van der Waals surface area (Å²) in [5.41, 5.74) is 7.36. The number of fused-ring (bicyclic) bond motifs is 1. The molecule has 3 rings (SSSR count). The Morgan fingerprint density at radius 1 is 1.11 bits per heavy atom. The van der Waals surface area contributed by atoms with Gasteiger partial charge >= 0.3 is 0 Å². The van der Waals surface area contributed by atoms with Crippen LogP contribution in [-0.4, -0.2) is 14.6 Å².